The predicted octanol–water partition coefficient (Wildman–Crippen LogP) is -0.910. The molecule has 0 atom stereocenters. The molecule has 7 heteroatoms. The third-order valence-corrected chi connectivity index (χ3v) is 1.09. The normalized spacial score (nSPS) is 15.5. The summed E-state index contributed by atoms with van der Waals surface area (Å²) in [4.78, 5) is 17.4. The highest BCUT2D eigenvalue weighted by molar-refractivity contribution is 5.29. The summed E-state index contributed by atoms with van der Waals surface area (Å²) in [6, 6.07) is 0. The van der Waals surface area contributed by atoms with Gasteiger partial charge in [0, 0.05) is 0 Å². The second-order valence-electron chi connectivity index (χ2n) is 1.78. The van der Waals surface area contributed by atoms with Crippen LogP contribution in [0, 0.1) is 0 Å². The molecule has 0 saturated carbocycles. The average Bonchev–Trinajstić information content (AvgIpc) is 2.55. The third-order valence-electron chi connectivity index (χ3n) is 1.09. The SMILES string of the molecule is O=c1[nH]c(N2C=CON2)no1. The standard InChI is InChI=1S/C4H4N4O3/c9-4-5-3(6-11-4)8-1-2-10-7-8/h1-2,7H,(H,5,6,9). The topological polar surface area (TPSA) is 83.4 Å². The van der Waals surface area contributed by atoms with Gasteiger partial charge in [0.1, 0.15) is 6.26 Å². The Morgan fingerprint density at radius 3 is 3.09 bits per heavy atom. The maximum absolute atomic E-state index is 10.4. The number of H-pyrrole nitrogens is 1. The van der Waals surface area contributed by atoms with E-state index >= 15 is 0 Å². The van der Waals surface area contributed by atoms with Gasteiger partial charge in [-0.15, -0.1) is 0 Å². The Bertz CT molecular complexity index is 326. The predicted molar refractivity (Wildman–Crippen MR) is 33.0 cm³/mol. The molecule has 0 aliphatic carbocycles. The number of nitrogens with one attached hydrogen (secondary N) is 2. The lowest BCUT2D eigenvalue weighted by Crippen LogP contribution is -2.28. The van der Waals surface area contributed by atoms with Crippen LogP contribution in [-0.4, -0.2) is 10.1 Å². The van der Waals surface area contributed by atoms with E-state index in [9.17, 15) is 4.79 Å². The summed E-state index contributed by atoms with van der Waals surface area (Å²) in [6.45, 7) is 0. The molecule has 1 aliphatic rings. The van der Waals surface area contributed by atoms with Crippen molar-refractivity contribution < 1.29 is 9.36 Å². The molecule has 7 nitrogen and oxygen atoms in total. The molecule has 58 valence electrons. The zero-order valence-corrected chi connectivity index (χ0v) is 5.27. The van der Waals surface area contributed by atoms with Crippen LogP contribution in [-0.2, 0) is 4.84 Å². The highest BCUT2D eigenvalue weighted by Crippen LogP contribution is 2.04. The first-order chi connectivity index (χ1) is 5.36. The summed E-state index contributed by atoms with van der Waals surface area (Å²) >= 11 is 0. The van der Waals surface area contributed by atoms with E-state index in [2.05, 4.69) is 25.1 Å². The summed E-state index contributed by atoms with van der Waals surface area (Å²) < 4.78 is 4.24. The van der Waals surface area contributed by atoms with Gasteiger partial charge in [-0.25, -0.2) is 9.80 Å². The van der Waals surface area contributed by atoms with Crippen molar-refractivity contribution in [2.24, 2.45) is 0 Å². The minimum Gasteiger partial charge on any atom is -0.395 e. The summed E-state index contributed by atoms with van der Waals surface area (Å²) in [6.07, 6.45) is 2.93. The molecule has 0 fully saturated rings. The molecule has 0 unspecified atom stereocenters. The maximum atomic E-state index is 10.4. The number of rotatable bonds is 1. The first kappa shape index (κ1) is 5.98. The number of hydrogen-bond acceptors (Lipinski definition) is 6. The quantitative estimate of drug-likeness (QED) is 0.547. The average molecular weight is 156 g/mol. The smallest absolute Gasteiger partial charge is 0.395 e. The van der Waals surface area contributed by atoms with E-state index in [-0.39, 0.29) is 5.95 Å². The Balaban J connectivity index is 2.28. The van der Waals surface area contributed by atoms with Crippen molar-refractivity contribution in [2.75, 3.05) is 5.01 Å². The molecule has 0 bridgehead atoms. The van der Waals surface area contributed by atoms with Gasteiger partial charge in [0.2, 0.25) is 0 Å². The highest BCUT2D eigenvalue weighted by Gasteiger charge is 2.11. The fourth-order valence-electron chi connectivity index (χ4n) is 0.649. The summed E-state index contributed by atoms with van der Waals surface area (Å²) in [5, 5.41) is 4.74. The van der Waals surface area contributed by atoms with Gasteiger partial charge in [0.25, 0.3) is 5.95 Å². The van der Waals surface area contributed by atoms with Crippen molar-refractivity contribution in [1.82, 2.24) is 15.7 Å². The van der Waals surface area contributed by atoms with Crippen LogP contribution in [0.3, 0.4) is 0 Å². The second-order valence-corrected chi connectivity index (χ2v) is 1.78. The molecule has 2 heterocycles. The van der Waals surface area contributed by atoms with Crippen molar-refractivity contribution in [1.29, 1.82) is 0 Å². The van der Waals surface area contributed by atoms with Gasteiger partial charge in [-0.1, -0.05) is 5.59 Å². The van der Waals surface area contributed by atoms with Gasteiger partial charge in [0.15, 0.2) is 0 Å². The van der Waals surface area contributed by atoms with Gasteiger partial charge in [-0.05, 0) is 5.16 Å². The summed E-state index contributed by atoms with van der Waals surface area (Å²) in [5.41, 5.74) is 2.42. The van der Waals surface area contributed by atoms with E-state index in [1.54, 1.807) is 0 Å². The lowest BCUT2D eigenvalue weighted by Gasteiger charge is -2.06. The number of hydrogen-bond donors (Lipinski definition) is 2. The van der Waals surface area contributed by atoms with Gasteiger partial charge in [-0.2, -0.15) is 0 Å². The number of nitrogens with zero attached hydrogens (tertiary/aromatic N) is 2. The Morgan fingerprint density at radius 2 is 2.55 bits per heavy atom. The van der Waals surface area contributed by atoms with Gasteiger partial charge >= 0.3 is 5.76 Å². The Morgan fingerprint density at radius 1 is 1.64 bits per heavy atom. The molecule has 0 radical (unpaired) electrons. The van der Waals surface area contributed by atoms with E-state index in [0.717, 1.165) is 0 Å². The first-order valence-corrected chi connectivity index (χ1v) is 2.79. The van der Waals surface area contributed by atoms with Crippen LogP contribution >= 0.6 is 0 Å². The minimum atomic E-state index is -0.609. The second kappa shape index (κ2) is 2.13. The van der Waals surface area contributed by atoms with E-state index in [0.29, 0.717) is 0 Å². The van der Waals surface area contributed by atoms with Crippen LogP contribution in [0.2, 0.25) is 0 Å². The third kappa shape index (κ3) is 0.964. The molecule has 0 saturated heterocycles. The molecular formula is C4H4N4O3. The Kier molecular flexibility index (Phi) is 1.16. The van der Waals surface area contributed by atoms with Crippen molar-refractivity contribution >= 4 is 5.95 Å². The van der Waals surface area contributed by atoms with Crippen molar-refractivity contribution in [3.63, 3.8) is 0 Å². The number of anilines is 1. The number of aromatic amines is 1. The van der Waals surface area contributed by atoms with Crippen LogP contribution < -0.4 is 16.4 Å². The fourth-order valence-corrected chi connectivity index (χ4v) is 0.649. The van der Waals surface area contributed by atoms with E-state index in [4.69, 9.17) is 0 Å². The van der Waals surface area contributed by atoms with Crippen LogP contribution in [0.1, 0.15) is 0 Å². The molecular weight excluding hydrogens is 152 g/mol. The van der Waals surface area contributed by atoms with E-state index in [1.165, 1.54) is 17.5 Å². The van der Waals surface area contributed by atoms with E-state index in [1.807, 2.05) is 0 Å². The monoisotopic (exact) mass is 156 g/mol. The molecule has 2 N–H and O–H groups in total. The lowest BCUT2D eigenvalue weighted by molar-refractivity contribution is 0.157. The van der Waals surface area contributed by atoms with Crippen LogP contribution in [0.5, 0.6) is 0 Å². The molecule has 0 aromatic carbocycles. The summed E-state index contributed by atoms with van der Waals surface area (Å²) in [5.74, 6) is -0.370. The zero-order valence-electron chi connectivity index (χ0n) is 5.27. The molecule has 0 spiro atoms. The van der Waals surface area contributed by atoms with Crippen LogP contribution in [0.4, 0.5) is 5.95 Å². The molecule has 11 heavy (non-hydrogen) atoms. The zero-order chi connectivity index (χ0) is 7.68. The van der Waals surface area contributed by atoms with Crippen molar-refractivity contribution in [3.8, 4) is 0 Å². The first-order valence-electron chi connectivity index (χ1n) is 2.79. The molecule has 1 aromatic rings. The van der Waals surface area contributed by atoms with E-state index < -0.39 is 5.76 Å². The molecule has 0 amide bonds. The van der Waals surface area contributed by atoms with Gasteiger partial charge < -0.3 is 4.84 Å². The van der Waals surface area contributed by atoms with Crippen LogP contribution in [0.25, 0.3) is 0 Å². The van der Waals surface area contributed by atoms with Gasteiger partial charge in [0.05, 0.1) is 6.20 Å². The van der Waals surface area contributed by atoms with Crippen LogP contribution in [0.15, 0.2) is 21.8 Å². The highest BCUT2D eigenvalue weighted by atomic mass is 16.7. The maximum Gasteiger partial charge on any atom is 0.440 e. The Labute approximate surface area is 60.2 Å². The fraction of sp³-hybridized carbons (Fsp3) is 0. The summed E-state index contributed by atoms with van der Waals surface area (Å²) in [7, 11) is 0. The molecule has 1 aromatic heterocycles. The molecule has 1 aliphatic heterocycles. The van der Waals surface area contributed by atoms with Gasteiger partial charge in [-0.3, -0.25) is 9.51 Å². The van der Waals surface area contributed by atoms with Crippen molar-refractivity contribution in [2.45, 2.75) is 0 Å². The minimum absolute atomic E-state index is 0.240. The lowest BCUT2D eigenvalue weighted by atomic mass is 10.8. The molecule has 2 rings (SSSR count). The number of aromatic nitrogens is 2. The Hall–Kier alpha value is -1.76. The van der Waals surface area contributed by atoms with Crippen molar-refractivity contribution in [3.05, 3.63) is 23.0 Å². The number of hydrazine groups is 1. The largest absolute Gasteiger partial charge is 0.440 e.